The van der Waals surface area contributed by atoms with Gasteiger partial charge in [-0.1, -0.05) is 43.7 Å². The van der Waals surface area contributed by atoms with Crippen LogP contribution in [0.25, 0.3) is 0 Å². The van der Waals surface area contributed by atoms with Crippen LogP contribution in [0.3, 0.4) is 0 Å². The summed E-state index contributed by atoms with van der Waals surface area (Å²) in [5, 5.41) is 10.1. The van der Waals surface area contributed by atoms with Crippen LogP contribution >= 0.6 is 0 Å². The van der Waals surface area contributed by atoms with E-state index in [1.165, 1.54) is 5.56 Å². The van der Waals surface area contributed by atoms with Gasteiger partial charge in [0.1, 0.15) is 5.75 Å². The summed E-state index contributed by atoms with van der Waals surface area (Å²) >= 11 is 0. The molecular formula is C26H32N4O3. The second kappa shape index (κ2) is 11.9. The molecule has 0 aliphatic carbocycles. The minimum atomic E-state index is -0.298. The highest BCUT2D eigenvalue weighted by atomic mass is 16.5. The standard InChI is InChI=1S/C26H32N4O3/c1-4-5-15-33-23-13-11-22(12-14-23)26(32)28-17-25(31)27-16-24-19(2)29-30(20(24)3)18-21-9-7-6-8-10-21/h6-14H,4-5,15-18H2,1-3H3,(H,27,31)(H,28,32). The van der Waals surface area contributed by atoms with Gasteiger partial charge < -0.3 is 15.4 Å². The number of hydrogen-bond acceptors (Lipinski definition) is 4. The van der Waals surface area contributed by atoms with E-state index in [-0.39, 0.29) is 18.4 Å². The van der Waals surface area contributed by atoms with Crippen molar-refractivity contribution in [3.8, 4) is 5.75 Å². The highest BCUT2D eigenvalue weighted by molar-refractivity contribution is 5.96. The van der Waals surface area contributed by atoms with E-state index < -0.39 is 0 Å². The van der Waals surface area contributed by atoms with Crippen LogP contribution in [0.4, 0.5) is 0 Å². The third kappa shape index (κ3) is 6.94. The lowest BCUT2D eigenvalue weighted by Crippen LogP contribution is -2.36. The predicted molar refractivity (Wildman–Crippen MR) is 128 cm³/mol. The molecule has 0 aliphatic heterocycles. The Morgan fingerprint density at radius 1 is 1.00 bits per heavy atom. The Hall–Kier alpha value is -3.61. The Morgan fingerprint density at radius 3 is 2.42 bits per heavy atom. The first-order chi connectivity index (χ1) is 16.0. The molecule has 174 valence electrons. The van der Waals surface area contributed by atoms with Crippen LogP contribution in [0.2, 0.25) is 0 Å². The molecule has 7 nitrogen and oxygen atoms in total. The van der Waals surface area contributed by atoms with Crippen molar-refractivity contribution in [2.24, 2.45) is 0 Å². The van der Waals surface area contributed by atoms with Gasteiger partial charge in [-0.3, -0.25) is 14.3 Å². The summed E-state index contributed by atoms with van der Waals surface area (Å²) in [6.45, 7) is 7.66. The summed E-state index contributed by atoms with van der Waals surface area (Å²) < 4.78 is 7.55. The second-order valence-electron chi connectivity index (χ2n) is 7.98. The Balaban J connectivity index is 1.47. The average molecular weight is 449 g/mol. The molecule has 2 N–H and O–H groups in total. The molecule has 0 unspecified atom stereocenters. The first kappa shape index (κ1) is 24.0. The van der Waals surface area contributed by atoms with Gasteiger partial charge in [0.15, 0.2) is 0 Å². The van der Waals surface area contributed by atoms with Gasteiger partial charge in [-0.25, -0.2) is 0 Å². The molecule has 0 saturated heterocycles. The monoisotopic (exact) mass is 448 g/mol. The first-order valence-electron chi connectivity index (χ1n) is 11.3. The molecule has 0 bridgehead atoms. The van der Waals surface area contributed by atoms with Crippen LogP contribution in [0.5, 0.6) is 5.75 Å². The Labute approximate surface area is 195 Å². The molecule has 0 radical (unpaired) electrons. The lowest BCUT2D eigenvalue weighted by atomic mass is 10.2. The fourth-order valence-corrected chi connectivity index (χ4v) is 3.45. The summed E-state index contributed by atoms with van der Waals surface area (Å²) in [5.74, 6) is 0.182. The van der Waals surface area contributed by atoms with Gasteiger partial charge in [-0.15, -0.1) is 0 Å². The lowest BCUT2D eigenvalue weighted by molar-refractivity contribution is -0.120. The minimum Gasteiger partial charge on any atom is -0.494 e. The molecule has 7 heteroatoms. The van der Waals surface area contributed by atoms with Gasteiger partial charge >= 0.3 is 0 Å². The van der Waals surface area contributed by atoms with Crippen LogP contribution < -0.4 is 15.4 Å². The molecule has 2 aromatic carbocycles. The summed E-state index contributed by atoms with van der Waals surface area (Å²) in [5.41, 5.74) is 4.54. The zero-order valence-electron chi connectivity index (χ0n) is 19.6. The van der Waals surface area contributed by atoms with E-state index in [0.717, 1.165) is 35.5 Å². The van der Waals surface area contributed by atoms with Crippen molar-refractivity contribution in [2.45, 2.75) is 46.7 Å². The first-order valence-corrected chi connectivity index (χ1v) is 11.3. The van der Waals surface area contributed by atoms with Crippen molar-refractivity contribution in [1.82, 2.24) is 20.4 Å². The minimum absolute atomic E-state index is 0.0934. The number of nitrogens with one attached hydrogen (secondary N) is 2. The number of ether oxygens (including phenoxy) is 1. The van der Waals surface area contributed by atoms with Gasteiger partial charge in [0, 0.05) is 23.4 Å². The number of aromatic nitrogens is 2. The Morgan fingerprint density at radius 2 is 1.73 bits per heavy atom. The number of carbonyl (C=O) groups excluding carboxylic acids is 2. The molecular weight excluding hydrogens is 416 g/mol. The van der Waals surface area contributed by atoms with Crippen molar-refractivity contribution in [3.05, 3.63) is 82.7 Å². The van der Waals surface area contributed by atoms with E-state index in [9.17, 15) is 9.59 Å². The fraction of sp³-hybridized carbons (Fsp3) is 0.346. The highest BCUT2D eigenvalue weighted by Crippen LogP contribution is 2.15. The summed E-state index contributed by atoms with van der Waals surface area (Å²) in [7, 11) is 0. The van der Waals surface area contributed by atoms with Crippen LogP contribution in [0.15, 0.2) is 54.6 Å². The van der Waals surface area contributed by atoms with Crippen LogP contribution in [0, 0.1) is 13.8 Å². The maximum Gasteiger partial charge on any atom is 0.251 e. The van der Waals surface area contributed by atoms with E-state index in [1.807, 2.05) is 36.7 Å². The van der Waals surface area contributed by atoms with Gasteiger partial charge in [0.05, 0.1) is 25.4 Å². The Bertz CT molecular complexity index is 1060. The topological polar surface area (TPSA) is 85.2 Å². The number of benzene rings is 2. The number of amides is 2. The van der Waals surface area contributed by atoms with Crippen molar-refractivity contribution >= 4 is 11.8 Å². The predicted octanol–water partition coefficient (Wildman–Crippen LogP) is 3.77. The van der Waals surface area contributed by atoms with Crippen LogP contribution in [-0.2, 0) is 17.9 Å². The molecule has 0 aliphatic rings. The van der Waals surface area contributed by atoms with E-state index in [1.54, 1.807) is 24.3 Å². The maximum atomic E-state index is 12.3. The number of nitrogens with zero attached hydrogens (tertiary/aromatic N) is 2. The summed E-state index contributed by atoms with van der Waals surface area (Å²) in [4.78, 5) is 24.6. The molecule has 1 heterocycles. The van der Waals surface area contributed by atoms with Crippen LogP contribution in [0.1, 0.15) is 52.6 Å². The average Bonchev–Trinajstić information content (AvgIpc) is 3.09. The van der Waals surface area contributed by atoms with Gasteiger partial charge in [0.2, 0.25) is 5.91 Å². The number of rotatable bonds is 11. The normalized spacial score (nSPS) is 10.6. The lowest BCUT2D eigenvalue weighted by Gasteiger charge is -2.09. The van der Waals surface area contributed by atoms with Crippen molar-refractivity contribution in [1.29, 1.82) is 0 Å². The third-order valence-electron chi connectivity index (χ3n) is 5.46. The summed E-state index contributed by atoms with van der Waals surface area (Å²) in [6, 6.07) is 17.1. The zero-order valence-corrected chi connectivity index (χ0v) is 19.6. The highest BCUT2D eigenvalue weighted by Gasteiger charge is 2.14. The van der Waals surface area contributed by atoms with E-state index in [4.69, 9.17) is 4.74 Å². The maximum absolute atomic E-state index is 12.3. The molecule has 2 amide bonds. The SMILES string of the molecule is CCCCOc1ccc(C(=O)NCC(=O)NCc2c(C)nn(Cc3ccccc3)c2C)cc1. The van der Waals surface area contributed by atoms with Gasteiger partial charge in [-0.05, 0) is 50.1 Å². The molecule has 0 saturated carbocycles. The van der Waals surface area contributed by atoms with Gasteiger partial charge in [0.25, 0.3) is 5.91 Å². The van der Waals surface area contributed by atoms with Gasteiger partial charge in [-0.2, -0.15) is 5.10 Å². The Kier molecular flexibility index (Phi) is 8.63. The molecule has 1 aromatic heterocycles. The van der Waals surface area contributed by atoms with E-state index >= 15 is 0 Å². The fourth-order valence-electron chi connectivity index (χ4n) is 3.45. The van der Waals surface area contributed by atoms with E-state index in [0.29, 0.717) is 25.3 Å². The number of carbonyl (C=O) groups is 2. The number of unbranched alkanes of at least 4 members (excludes halogenated alkanes) is 1. The number of aryl methyl sites for hydroxylation is 1. The zero-order chi connectivity index (χ0) is 23.6. The third-order valence-corrected chi connectivity index (χ3v) is 5.46. The molecule has 0 atom stereocenters. The quantitative estimate of drug-likeness (QED) is 0.437. The van der Waals surface area contributed by atoms with Crippen molar-refractivity contribution < 1.29 is 14.3 Å². The smallest absolute Gasteiger partial charge is 0.251 e. The molecule has 0 spiro atoms. The molecule has 3 aromatic rings. The molecule has 3 rings (SSSR count). The van der Waals surface area contributed by atoms with Crippen molar-refractivity contribution in [3.63, 3.8) is 0 Å². The summed E-state index contributed by atoms with van der Waals surface area (Å²) in [6.07, 6.45) is 2.06. The largest absolute Gasteiger partial charge is 0.494 e. The molecule has 33 heavy (non-hydrogen) atoms. The second-order valence-corrected chi connectivity index (χ2v) is 7.98. The van der Waals surface area contributed by atoms with Crippen LogP contribution in [-0.4, -0.2) is 34.7 Å². The van der Waals surface area contributed by atoms with E-state index in [2.05, 4.69) is 34.8 Å². The molecule has 0 fully saturated rings. The number of hydrogen-bond donors (Lipinski definition) is 2. The van der Waals surface area contributed by atoms with Crippen molar-refractivity contribution in [2.75, 3.05) is 13.2 Å².